The van der Waals surface area contributed by atoms with Crippen molar-refractivity contribution in [2.75, 3.05) is 0 Å². The first-order valence-corrected chi connectivity index (χ1v) is 6.04. The van der Waals surface area contributed by atoms with Crippen LogP contribution in [0.5, 0.6) is 0 Å². The van der Waals surface area contributed by atoms with E-state index in [-0.39, 0.29) is 17.4 Å². The highest BCUT2D eigenvalue weighted by Gasteiger charge is 2.21. The van der Waals surface area contributed by atoms with E-state index in [0.717, 1.165) is 5.56 Å². The summed E-state index contributed by atoms with van der Waals surface area (Å²) in [5.41, 5.74) is 1.45. The monoisotopic (exact) mass is 230 g/mol. The van der Waals surface area contributed by atoms with Crippen LogP contribution in [0.15, 0.2) is 18.2 Å². The molecule has 0 aromatic heterocycles. The Bertz CT molecular complexity index is 428. The van der Waals surface area contributed by atoms with Crippen molar-refractivity contribution >= 4 is 32.0 Å². The molecule has 1 nitrogen and oxygen atoms in total. The third-order valence-electron chi connectivity index (χ3n) is 2.25. The van der Waals surface area contributed by atoms with E-state index in [0.29, 0.717) is 11.3 Å². The average molecular weight is 231 g/mol. The predicted octanol–water partition coefficient (Wildman–Crippen LogP) is 2.68. The summed E-state index contributed by atoms with van der Waals surface area (Å²) in [7, 11) is -0.531. The molecular weight excluding hydrogens is 223 g/mol. The Morgan fingerprint density at radius 2 is 2.29 bits per heavy atom. The lowest BCUT2D eigenvalue weighted by molar-refractivity contribution is -0.110. The molecule has 0 fully saturated rings. The molecule has 4 heteroatoms. The zero-order valence-electron chi connectivity index (χ0n) is 7.30. The van der Waals surface area contributed by atoms with Crippen molar-refractivity contribution in [3.8, 4) is 0 Å². The summed E-state index contributed by atoms with van der Waals surface area (Å²) in [6.45, 7) is 0. The first kappa shape index (κ1) is 9.87. The highest BCUT2D eigenvalue weighted by atomic mass is 35.5. The number of rotatable bonds is 0. The fourth-order valence-corrected chi connectivity index (χ4v) is 3.25. The number of carbonyl (C=O) groups excluding carboxylic acids is 1. The molecule has 74 valence electrons. The molecule has 0 radical (unpaired) electrons. The van der Waals surface area contributed by atoms with Gasteiger partial charge in [-0.1, -0.05) is 23.7 Å². The van der Waals surface area contributed by atoms with Gasteiger partial charge in [0.25, 0.3) is 0 Å². The van der Waals surface area contributed by atoms with Crippen LogP contribution in [0.2, 0.25) is 0 Å². The molecule has 0 saturated heterocycles. The van der Waals surface area contributed by atoms with E-state index < -0.39 is 10.5 Å². The van der Waals surface area contributed by atoms with Gasteiger partial charge in [-0.05, 0) is 11.6 Å². The van der Waals surface area contributed by atoms with Crippen molar-refractivity contribution in [1.82, 2.24) is 0 Å². The van der Waals surface area contributed by atoms with Gasteiger partial charge in [-0.3, -0.25) is 4.79 Å². The maximum absolute atomic E-state index is 13.3. The van der Waals surface area contributed by atoms with Crippen molar-refractivity contribution < 1.29 is 9.18 Å². The fourth-order valence-electron chi connectivity index (χ4n) is 1.50. The molecule has 1 aliphatic heterocycles. The van der Waals surface area contributed by atoms with Crippen LogP contribution >= 0.6 is 22.1 Å². The van der Waals surface area contributed by atoms with Gasteiger partial charge >= 0.3 is 0 Å². The fraction of sp³-hybridized carbons (Fsp3) is 0.200. The van der Waals surface area contributed by atoms with Crippen LogP contribution in [0.4, 0.5) is 4.39 Å². The molecule has 1 aromatic rings. The zero-order chi connectivity index (χ0) is 10.1. The van der Waals surface area contributed by atoms with E-state index in [1.165, 1.54) is 10.9 Å². The maximum Gasteiger partial charge on any atom is 0.189 e. The summed E-state index contributed by atoms with van der Waals surface area (Å²) in [6.07, 6.45) is 0.175. The molecular formula is C10H8ClFOS. The van der Waals surface area contributed by atoms with Gasteiger partial charge in [0.1, 0.15) is 5.82 Å². The van der Waals surface area contributed by atoms with Crippen LogP contribution in [0.3, 0.4) is 0 Å². The van der Waals surface area contributed by atoms with Crippen LogP contribution in [-0.2, 0) is 17.0 Å². The van der Waals surface area contributed by atoms with Crippen LogP contribution in [0.1, 0.15) is 11.1 Å². The SMILES string of the molecule is O=C1Cc2c(F)cccc2CS1=CCl. The standard InChI is InChI=1S/C10H8ClFOS/c11-6-14-5-7-2-1-3-9(12)8(7)4-10(14)13/h1-3,6H,4-5H2. The van der Waals surface area contributed by atoms with Crippen LogP contribution in [0, 0.1) is 5.82 Å². The topological polar surface area (TPSA) is 17.1 Å². The summed E-state index contributed by atoms with van der Waals surface area (Å²) < 4.78 is 13.3. The molecule has 1 heterocycles. The van der Waals surface area contributed by atoms with Gasteiger partial charge in [0.05, 0.1) is 0 Å². The summed E-state index contributed by atoms with van der Waals surface area (Å²) >= 11 is 5.55. The Kier molecular flexibility index (Phi) is 2.70. The summed E-state index contributed by atoms with van der Waals surface area (Å²) in [5.74, 6) is 0.267. The highest BCUT2D eigenvalue weighted by Crippen LogP contribution is 2.32. The number of halogens is 2. The number of hydrogen-bond donors (Lipinski definition) is 0. The lowest BCUT2D eigenvalue weighted by atomic mass is 10.1. The van der Waals surface area contributed by atoms with E-state index in [2.05, 4.69) is 0 Å². The van der Waals surface area contributed by atoms with Crippen LogP contribution < -0.4 is 0 Å². The summed E-state index contributed by atoms with van der Waals surface area (Å²) in [5, 5.41) is 0.0256. The van der Waals surface area contributed by atoms with Crippen molar-refractivity contribution in [1.29, 1.82) is 0 Å². The van der Waals surface area contributed by atoms with E-state index in [1.807, 2.05) is 6.07 Å². The number of hydrogen-bond acceptors (Lipinski definition) is 1. The second kappa shape index (κ2) is 3.83. The quantitative estimate of drug-likeness (QED) is 0.495. The Morgan fingerprint density at radius 3 is 3.00 bits per heavy atom. The van der Waals surface area contributed by atoms with Gasteiger partial charge in [-0.25, -0.2) is 4.39 Å². The van der Waals surface area contributed by atoms with Crippen molar-refractivity contribution in [3.05, 3.63) is 35.1 Å². The van der Waals surface area contributed by atoms with E-state index >= 15 is 0 Å². The van der Waals surface area contributed by atoms with E-state index in [1.54, 1.807) is 6.07 Å². The molecule has 1 aliphatic rings. The minimum absolute atomic E-state index is 0.0256. The van der Waals surface area contributed by atoms with E-state index in [4.69, 9.17) is 11.6 Å². The second-order valence-corrected chi connectivity index (χ2v) is 5.40. The summed E-state index contributed by atoms with van der Waals surface area (Å²) in [6, 6.07) is 4.91. The Morgan fingerprint density at radius 1 is 1.50 bits per heavy atom. The number of benzene rings is 1. The van der Waals surface area contributed by atoms with E-state index in [9.17, 15) is 9.18 Å². The molecule has 0 aliphatic carbocycles. The molecule has 0 bridgehead atoms. The third-order valence-corrected chi connectivity index (χ3v) is 4.46. The Hall–Kier alpha value is -0.670. The van der Waals surface area contributed by atoms with Gasteiger partial charge in [0, 0.05) is 22.6 Å². The van der Waals surface area contributed by atoms with Gasteiger partial charge < -0.3 is 0 Å². The molecule has 1 aromatic carbocycles. The van der Waals surface area contributed by atoms with Gasteiger partial charge in [-0.15, -0.1) is 10.5 Å². The molecule has 0 saturated carbocycles. The molecule has 2 rings (SSSR count). The summed E-state index contributed by atoms with van der Waals surface area (Å²) in [4.78, 5) is 12.9. The van der Waals surface area contributed by atoms with Gasteiger partial charge in [-0.2, -0.15) is 0 Å². The minimum Gasteiger partial charge on any atom is -0.287 e. The Balaban J connectivity index is 2.50. The molecule has 0 amide bonds. The van der Waals surface area contributed by atoms with Crippen molar-refractivity contribution in [2.24, 2.45) is 0 Å². The zero-order valence-corrected chi connectivity index (χ0v) is 8.87. The number of fused-ring (bicyclic) bond motifs is 1. The molecule has 0 N–H and O–H groups in total. The molecule has 14 heavy (non-hydrogen) atoms. The largest absolute Gasteiger partial charge is 0.287 e. The van der Waals surface area contributed by atoms with Gasteiger partial charge in [0.2, 0.25) is 0 Å². The van der Waals surface area contributed by atoms with Crippen LogP contribution in [-0.4, -0.2) is 9.94 Å². The van der Waals surface area contributed by atoms with Crippen LogP contribution in [0.25, 0.3) is 0 Å². The molecule has 1 atom stereocenters. The average Bonchev–Trinajstić information content (AvgIpc) is 2.19. The smallest absolute Gasteiger partial charge is 0.189 e. The predicted molar refractivity (Wildman–Crippen MR) is 58.3 cm³/mol. The molecule has 0 spiro atoms. The maximum atomic E-state index is 13.3. The second-order valence-electron chi connectivity index (χ2n) is 3.09. The lowest BCUT2D eigenvalue weighted by Crippen LogP contribution is -2.12. The lowest BCUT2D eigenvalue weighted by Gasteiger charge is -2.17. The van der Waals surface area contributed by atoms with Crippen molar-refractivity contribution in [3.63, 3.8) is 0 Å². The molecule has 1 unspecified atom stereocenters. The van der Waals surface area contributed by atoms with Crippen molar-refractivity contribution in [2.45, 2.75) is 12.2 Å². The third kappa shape index (κ3) is 1.62. The van der Waals surface area contributed by atoms with Gasteiger partial charge in [0.15, 0.2) is 5.12 Å². The first-order chi connectivity index (χ1) is 6.72. The first-order valence-electron chi connectivity index (χ1n) is 4.14. The normalized spacial score (nSPS) is 21.0. The highest BCUT2D eigenvalue weighted by molar-refractivity contribution is 8.28. The minimum atomic E-state index is -0.531. The number of carbonyl (C=O) groups is 1. The Labute approximate surface area is 88.8 Å².